The third kappa shape index (κ3) is 4.25. The highest BCUT2D eigenvalue weighted by Gasteiger charge is 2.34. The van der Waals surface area contributed by atoms with Crippen molar-refractivity contribution in [3.63, 3.8) is 0 Å². The van der Waals surface area contributed by atoms with Crippen LogP contribution in [-0.4, -0.2) is 34.3 Å². The summed E-state index contributed by atoms with van der Waals surface area (Å²) in [5.74, 6) is -0.915. The van der Waals surface area contributed by atoms with Crippen molar-refractivity contribution in [2.24, 2.45) is 0 Å². The number of nitro benzene ring substituents is 1. The van der Waals surface area contributed by atoms with Crippen molar-refractivity contribution < 1.29 is 19.2 Å². The summed E-state index contributed by atoms with van der Waals surface area (Å²) in [6.45, 7) is 0.275. The number of rotatable bonds is 4. The molecule has 0 radical (unpaired) electrons. The van der Waals surface area contributed by atoms with E-state index in [0.717, 1.165) is 4.90 Å². The summed E-state index contributed by atoms with van der Waals surface area (Å²) in [4.78, 5) is 37.4. The van der Waals surface area contributed by atoms with E-state index in [1.165, 1.54) is 18.2 Å². The zero-order chi connectivity index (χ0) is 19.4. The molecule has 0 unspecified atom stereocenters. The Hall–Kier alpha value is -2.93. The third-order valence-corrected chi connectivity index (χ3v) is 4.56. The SMILES string of the molecule is O=C(c1ccc(Cl)cc1)N1CCCC[C@@H](Oc2ccccc2[N+](=O)[O-])C1=O. The van der Waals surface area contributed by atoms with Crippen LogP contribution in [0.1, 0.15) is 29.6 Å². The molecule has 2 amide bonds. The van der Waals surface area contributed by atoms with Crippen molar-refractivity contribution in [1.82, 2.24) is 4.90 Å². The first-order chi connectivity index (χ1) is 13.0. The minimum atomic E-state index is -0.954. The maximum atomic E-state index is 12.9. The Bertz CT molecular complexity index is 869. The van der Waals surface area contributed by atoms with E-state index in [-0.39, 0.29) is 18.0 Å². The van der Waals surface area contributed by atoms with Gasteiger partial charge in [0.05, 0.1) is 4.92 Å². The van der Waals surface area contributed by atoms with Crippen LogP contribution >= 0.6 is 11.6 Å². The lowest BCUT2D eigenvalue weighted by molar-refractivity contribution is -0.386. The third-order valence-electron chi connectivity index (χ3n) is 4.31. The van der Waals surface area contributed by atoms with Crippen molar-refractivity contribution in [3.8, 4) is 5.75 Å². The first-order valence-corrected chi connectivity index (χ1v) is 8.86. The molecule has 27 heavy (non-hydrogen) atoms. The minimum Gasteiger partial charge on any atom is -0.473 e. The largest absolute Gasteiger partial charge is 0.473 e. The number of benzene rings is 2. The number of carbonyl (C=O) groups is 2. The van der Waals surface area contributed by atoms with Gasteiger partial charge in [-0.25, -0.2) is 0 Å². The van der Waals surface area contributed by atoms with Crippen LogP contribution < -0.4 is 4.74 Å². The fraction of sp³-hybridized carbons (Fsp3) is 0.263. The number of hydrogen-bond acceptors (Lipinski definition) is 5. The van der Waals surface area contributed by atoms with Gasteiger partial charge in [-0.15, -0.1) is 0 Å². The molecule has 1 aliphatic heterocycles. The van der Waals surface area contributed by atoms with Crippen LogP contribution in [0.2, 0.25) is 5.02 Å². The normalized spacial score (nSPS) is 17.3. The molecule has 1 fully saturated rings. The number of nitrogens with zero attached hydrogens (tertiary/aromatic N) is 2. The number of amides is 2. The monoisotopic (exact) mass is 388 g/mol. The number of carbonyl (C=O) groups excluding carboxylic acids is 2. The van der Waals surface area contributed by atoms with E-state index in [1.54, 1.807) is 30.3 Å². The molecule has 2 aromatic rings. The summed E-state index contributed by atoms with van der Waals surface area (Å²) in [6.07, 6.45) is 0.739. The Labute approximate surface area is 160 Å². The smallest absolute Gasteiger partial charge is 0.310 e. The van der Waals surface area contributed by atoms with Crippen molar-refractivity contribution in [3.05, 3.63) is 69.2 Å². The highest BCUT2D eigenvalue weighted by Crippen LogP contribution is 2.29. The maximum Gasteiger partial charge on any atom is 0.310 e. The Morgan fingerprint density at radius 1 is 1.15 bits per heavy atom. The van der Waals surface area contributed by atoms with Crippen LogP contribution in [0.5, 0.6) is 5.75 Å². The molecule has 7 nitrogen and oxygen atoms in total. The van der Waals surface area contributed by atoms with Crippen LogP contribution in [0.25, 0.3) is 0 Å². The zero-order valence-electron chi connectivity index (χ0n) is 14.3. The van der Waals surface area contributed by atoms with Crippen molar-refractivity contribution in [1.29, 1.82) is 0 Å². The standard InChI is InChI=1S/C19H17ClN2O5/c20-14-10-8-13(9-11-14)18(23)21-12-4-3-7-17(19(21)24)27-16-6-2-1-5-15(16)22(25)26/h1-2,5-6,8-11,17H,3-4,7,12H2/t17-/m1/s1. The molecular formula is C19H17ClN2O5. The van der Waals surface area contributed by atoms with Crippen molar-refractivity contribution in [2.45, 2.75) is 25.4 Å². The summed E-state index contributed by atoms with van der Waals surface area (Å²) in [5, 5.41) is 11.7. The van der Waals surface area contributed by atoms with E-state index in [2.05, 4.69) is 0 Å². The van der Waals surface area contributed by atoms with Crippen LogP contribution in [0.15, 0.2) is 48.5 Å². The second-order valence-corrected chi connectivity index (χ2v) is 6.57. The minimum absolute atomic E-state index is 0.0154. The van der Waals surface area contributed by atoms with E-state index >= 15 is 0 Å². The summed E-state index contributed by atoms with van der Waals surface area (Å²) in [6, 6.07) is 12.2. The molecule has 140 valence electrons. The maximum absolute atomic E-state index is 12.9. The molecule has 0 aromatic heterocycles. The second kappa shape index (κ2) is 8.18. The van der Waals surface area contributed by atoms with Gasteiger partial charge in [0.25, 0.3) is 11.8 Å². The van der Waals surface area contributed by atoms with Gasteiger partial charge < -0.3 is 4.74 Å². The summed E-state index contributed by atoms with van der Waals surface area (Å²) in [5.41, 5.74) is 0.129. The number of halogens is 1. The Kier molecular flexibility index (Phi) is 5.71. The number of nitro groups is 1. The molecule has 0 bridgehead atoms. The van der Waals surface area contributed by atoms with E-state index in [4.69, 9.17) is 16.3 Å². The van der Waals surface area contributed by atoms with Gasteiger partial charge in [0, 0.05) is 23.2 Å². The first kappa shape index (κ1) is 18.8. The lowest BCUT2D eigenvalue weighted by atomic mass is 10.1. The van der Waals surface area contributed by atoms with Gasteiger partial charge in [-0.2, -0.15) is 0 Å². The molecule has 0 spiro atoms. The van der Waals surface area contributed by atoms with E-state index in [1.807, 2.05) is 0 Å². The van der Waals surface area contributed by atoms with Crippen LogP contribution in [-0.2, 0) is 4.79 Å². The summed E-state index contributed by atoms with van der Waals surface area (Å²) in [7, 11) is 0. The molecule has 1 saturated heterocycles. The Balaban J connectivity index is 1.83. The topological polar surface area (TPSA) is 89.8 Å². The predicted molar refractivity (Wildman–Crippen MR) is 98.9 cm³/mol. The summed E-state index contributed by atoms with van der Waals surface area (Å²) >= 11 is 5.84. The number of imide groups is 1. The fourth-order valence-corrected chi connectivity index (χ4v) is 3.05. The molecular weight excluding hydrogens is 372 g/mol. The lowest BCUT2D eigenvalue weighted by Crippen LogP contribution is -2.44. The molecule has 1 atom stereocenters. The second-order valence-electron chi connectivity index (χ2n) is 6.13. The quantitative estimate of drug-likeness (QED) is 0.451. The van der Waals surface area contributed by atoms with Crippen LogP contribution in [0, 0.1) is 10.1 Å². The molecule has 8 heteroatoms. The van der Waals surface area contributed by atoms with E-state index < -0.39 is 22.8 Å². The van der Waals surface area contributed by atoms with Gasteiger partial charge >= 0.3 is 5.69 Å². The number of ether oxygens (including phenoxy) is 1. The van der Waals surface area contributed by atoms with Gasteiger partial charge in [-0.05, 0) is 49.6 Å². The highest BCUT2D eigenvalue weighted by molar-refractivity contribution is 6.30. The lowest BCUT2D eigenvalue weighted by Gasteiger charge is -2.23. The van der Waals surface area contributed by atoms with Gasteiger partial charge in [0.15, 0.2) is 11.9 Å². The molecule has 0 saturated carbocycles. The average Bonchev–Trinajstić information content (AvgIpc) is 2.84. The molecule has 0 N–H and O–H groups in total. The van der Waals surface area contributed by atoms with Gasteiger partial charge in [0.2, 0.25) is 0 Å². The fourth-order valence-electron chi connectivity index (χ4n) is 2.93. The Morgan fingerprint density at radius 2 is 1.85 bits per heavy atom. The zero-order valence-corrected chi connectivity index (χ0v) is 15.1. The molecule has 3 rings (SSSR count). The average molecular weight is 389 g/mol. The predicted octanol–water partition coefficient (Wildman–Crippen LogP) is 3.85. The van der Waals surface area contributed by atoms with E-state index in [9.17, 15) is 19.7 Å². The summed E-state index contributed by atoms with van der Waals surface area (Å²) < 4.78 is 5.67. The molecule has 0 aliphatic carbocycles. The molecule has 1 heterocycles. The Morgan fingerprint density at radius 3 is 2.56 bits per heavy atom. The van der Waals surface area contributed by atoms with Crippen LogP contribution in [0.3, 0.4) is 0 Å². The van der Waals surface area contributed by atoms with Crippen molar-refractivity contribution in [2.75, 3.05) is 6.54 Å². The number of likely N-dealkylation sites (tertiary alicyclic amines) is 1. The number of para-hydroxylation sites is 2. The molecule has 2 aromatic carbocycles. The van der Waals surface area contributed by atoms with E-state index in [0.29, 0.717) is 29.8 Å². The first-order valence-electron chi connectivity index (χ1n) is 8.48. The van der Waals surface area contributed by atoms with Gasteiger partial charge in [0.1, 0.15) is 0 Å². The van der Waals surface area contributed by atoms with Crippen molar-refractivity contribution >= 4 is 29.1 Å². The van der Waals surface area contributed by atoms with Gasteiger partial charge in [-0.1, -0.05) is 23.7 Å². The highest BCUT2D eigenvalue weighted by atomic mass is 35.5. The number of hydrogen-bond donors (Lipinski definition) is 0. The van der Waals surface area contributed by atoms with Crippen LogP contribution in [0.4, 0.5) is 5.69 Å². The molecule has 1 aliphatic rings. The van der Waals surface area contributed by atoms with Gasteiger partial charge in [-0.3, -0.25) is 24.6 Å².